The highest BCUT2D eigenvalue weighted by molar-refractivity contribution is 4.63. The molecule has 1 heteroatoms. The van der Waals surface area contributed by atoms with Gasteiger partial charge in [-0.25, -0.2) is 0 Å². The molecule has 0 aromatic rings. The third-order valence-electron chi connectivity index (χ3n) is 1.79. The Morgan fingerprint density at radius 3 is 1.62 bits per heavy atom. The zero-order valence-corrected chi connectivity index (χ0v) is 6.15. The Kier molecular flexibility index (Phi) is 3.88. The molecule has 0 heterocycles. The Balaban J connectivity index is 3.35. The van der Waals surface area contributed by atoms with Crippen LogP contribution in [0.2, 0.25) is 0 Å². The lowest BCUT2D eigenvalue weighted by molar-refractivity contribution is 0.417. The summed E-state index contributed by atoms with van der Waals surface area (Å²) in [6.45, 7) is 6.46. The molecule has 1 nitrogen and oxygen atoms in total. The van der Waals surface area contributed by atoms with Gasteiger partial charge in [-0.1, -0.05) is 26.7 Å². The second-order valence-corrected chi connectivity index (χ2v) is 2.44. The van der Waals surface area contributed by atoms with E-state index in [4.69, 9.17) is 5.73 Å². The van der Waals surface area contributed by atoms with Gasteiger partial charge < -0.3 is 5.73 Å². The summed E-state index contributed by atoms with van der Waals surface area (Å²) in [4.78, 5) is 0. The second-order valence-electron chi connectivity index (χ2n) is 2.44. The molecule has 0 unspecified atom stereocenters. The van der Waals surface area contributed by atoms with Gasteiger partial charge in [0.2, 0.25) is 0 Å². The van der Waals surface area contributed by atoms with Crippen LogP contribution in [0.5, 0.6) is 0 Å². The first kappa shape index (κ1) is 7.96. The fourth-order valence-electron chi connectivity index (χ4n) is 1.03. The highest BCUT2D eigenvalue weighted by Crippen LogP contribution is 2.09. The Morgan fingerprint density at radius 1 is 1.25 bits per heavy atom. The van der Waals surface area contributed by atoms with Crippen LogP contribution in [-0.2, 0) is 0 Å². The third kappa shape index (κ3) is 2.31. The summed E-state index contributed by atoms with van der Waals surface area (Å²) >= 11 is 0. The van der Waals surface area contributed by atoms with Gasteiger partial charge in [0.25, 0.3) is 0 Å². The summed E-state index contributed by atoms with van der Waals surface area (Å²) in [6.07, 6.45) is 2.43. The van der Waals surface area contributed by atoms with Crippen molar-refractivity contribution in [3.8, 4) is 0 Å². The molecule has 0 amide bonds. The van der Waals surface area contributed by atoms with Crippen LogP contribution in [-0.4, -0.2) is 6.04 Å². The minimum absolute atomic E-state index is 0.380. The summed E-state index contributed by atoms with van der Waals surface area (Å²) in [5, 5.41) is 0. The molecule has 50 valence electrons. The highest BCUT2D eigenvalue weighted by atomic mass is 14.6. The average molecular weight is 115 g/mol. The molecule has 0 saturated carbocycles. The number of rotatable bonds is 3. The lowest BCUT2D eigenvalue weighted by atomic mass is 9.97. The van der Waals surface area contributed by atoms with E-state index in [1.807, 2.05) is 0 Å². The van der Waals surface area contributed by atoms with Crippen LogP contribution in [0.4, 0.5) is 0 Å². The van der Waals surface area contributed by atoms with Crippen LogP contribution in [0.1, 0.15) is 33.6 Å². The van der Waals surface area contributed by atoms with Gasteiger partial charge in [-0.05, 0) is 12.8 Å². The van der Waals surface area contributed by atoms with E-state index in [9.17, 15) is 0 Å². The molecule has 0 saturated heterocycles. The maximum Gasteiger partial charge on any atom is 0.00385 e. The SMILES string of the molecule is CCC(CC)[C@H](C)N. The van der Waals surface area contributed by atoms with Crippen molar-refractivity contribution in [1.82, 2.24) is 0 Å². The fraction of sp³-hybridized carbons (Fsp3) is 1.00. The van der Waals surface area contributed by atoms with Crippen LogP contribution >= 0.6 is 0 Å². The van der Waals surface area contributed by atoms with Crippen LogP contribution in [0.3, 0.4) is 0 Å². The Morgan fingerprint density at radius 2 is 1.62 bits per heavy atom. The Labute approximate surface area is 52.3 Å². The van der Waals surface area contributed by atoms with Crippen molar-refractivity contribution < 1.29 is 0 Å². The number of hydrogen-bond acceptors (Lipinski definition) is 1. The van der Waals surface area contributed by atoms with E-state index < -0.39 is 0 Å². The quantitative estimate of drug-likeness (QED) is 0.596. The molecular formula is C7H17N. The first-order chi connectivity index (χ1) is 3.72. The van der Waals surface area contributed by atoms with E-state index in [0.717, 1.165) is 5.92 Å². The lowest BCUT2D eigenvalue weighted by Crippen LogP contribution is -2.25. The van der Waals surface area contributed by atoms with Gasteiger partial charge in [0.1, 0.15) is 0 Å². The zero-order chi connectivity index (χ0) is 6.57. The lowest BCUT2D eigenvalue weighted by Gasteiger charge is -2.15. The van der Waals surface area contributed by atoms with Crippen molar-refractivity contribution in [3.05, 3.63) is 0 Å². The van der Waals surface area contributed by atoms with Crippen LogP contribution in [0, 0.1) is 5.92 Å². The molecule has 0 aliphatic rings. The summed E-state index contributed by atoms with van der Waals surface area (Å²) in [6, 6.07) is 0.380. The maximum atomic E-state index is 5.66. The standard InChI is InChI=1S/C7H17N/c1-4-7(5-2)6(3)8/h6-7H,4-5,8H2,1-3H3/t6-/m0/s1. The van der Waals surface area contributed by atoms with Crippen molar-refractivity contribution in [2.75, 3.05) is 0 Å². The van der Waals surface area contributed by atoms with E-state index in [2.05, 4.69) is 20.8 Å². The molecule has 0 bridgehead atoms. The second kappa shape index (κ2) is 3.90. The Hall–Kier alpha value is -0.0400. The minimum Gasteiger partial charge on any atom is -0.328 e. The van der Waals surface area contributed by atoms with Crippen molar-refractivity contribution in [2.45, 2.75) is 39.7 Å². The molecule has 2 N–H and O–H groups in total. The molecule has 0 aliphatic heterocycles. The van der Waals surface area contributed by atoms with E-state index in [-0.39, 0.29) is 0 Å². The van der Waals surface area contributed by atoms with Gasteiger partial charge in [-0.3, -0.25) is 0 Å². The maximum absolute atomic E-state index is 5.66. The third-order valence-corrected chi connectivity index (χ3v) is 1.79. The number of nitrogens with two attached hydrogens (primary N) is 1. The van der Waals surface area contributed by atoms with Crippen LogP contribution in [0.25, 0.3) is 0 Å². The van der Waals surface area contributed by atoms with Crippen molar-refractivity contribution in [1.29, 1.82) is 0 Å². The average Bonchev–Trinajstić information content (AvgIpc) is 1.69. The van der Waals surface area contributed by atoms with Crippen molar-refractivity contribution >= 4 is 0 Å². The molecule has 0 rings (SSSR count). The molecule has 0 aromatic carbocycles. The molecule has 8 heavy (non-hydrogen) atoms. The van der Waals surface area contributed by atoms with Gasteiger partial charge in [0, 0.05) is 6.04 Å². The van der Waals surface area contributed by atoms with E-state index in [1.54, 1.807) is 0 Å². The predicted molar refractivity (Wildman–Crippen MR) is 37.7 cm³/mol. The Bertz CT molecular complexity index is 46.3. The minimum atomic E-state index is 0.380. The van der Waals surface area contributed by atoms with Gasteiger partial charge in [-0.15, -0.1) is 0 Å². The molecule has 0 spiro atoms. The highest BCUT2D eigenvalue weighted by Gasteiger charge is 2.06. The smallest absolute Gasteiger partial charge is 0.00385 e. The molecule has 1 atom stereocenters. The first-order valence-electron chi connectivity index (χ1n) is 3.47. The van der Waals surface area contributed by atoms with Crippen molar-refractivity contribution in [3.63, 3.8) is 0 Å². The van der Waals surface area contributed by atoms with Crippen molar-refractivity contribution in [2.24, 2.45) is 11.7 Å². The molecule has 0 aromatic heterocycles. The largest absolute Gasteiger partial charge is 0.328 e. The number of hydrogen-bond donors (Lipinski definition) is 1. The summed E-state index contributed by atoms with van der Waals surface area (Å²) in [5.41, 5.74) is 5.66. The van der Waals surface area contributed by atoms with E-state index >= 15 is 0 Å². The zero-order valence-electron chi connectivity index (χ0n) is 6.15. The molecular weight excluding hydrogens is 98.1 g/mol. The molecule has 0 aliphatic carbocycles. The summed E-state index contributed by atoms with van der Waals surface area (Å²) in [7, 11) is 0. The molecule has 0 radical (unpaired) electrons. The topological polar surface area (TPSA) is 26.0 Å². The van der Waals surface area contributed by atoms with Crippen LogP contribution in [0.15, 0.2) is 0 Å². The summed E-state index contributed by atoms with van der Waals surface area (Å²) < 4.78 is 0. The van der Waals surface area contributed by atoms with Gasteiger partial charge in [0.05, 0.1) is 0 Å². The van der Waals surface area contributed by atoms with E-state index in [1.165, 1.54) is 12.8 Å². The van der Waals surface area contributed by atoms with Gasteiger partial charge in [-0.2, -0.15) is 0 Å². The first-order valence-corrected chi connectivity index (χ1v) is 3.47. The predicted octanol–water partition coefficient (Wildman–Crippen LogP) is 1.77. The fourth-order valence-corrected chi connectivity index (χ4v) is 1.03. The van der Waals surface area contributed by atoms with Gasteiger partial charge >= 0.3 is 0 Å². The van der Waals surface area contributed by atoms with Crippen LogP contribution < -0.4 is 5.73 Å². The van der Waals surface area contributed by atoms with E-state index in [0.29, 0.717) is 6.04 Å². The summed E-state index contributed by atoms with van der Waals surface area (Å²) in [5.74, 6) is 0.731. The normalized spacial score (nSPS) is 14.6. The monoisotopic (exact) mass is 115 g/mol. The van der Waals surface area contributed by atoms with Gasteiger partial charge in [0.15, 0.2) is 0 Å². The molecule has 0 fully saturated rings.